The first-order valence-electron chi connectivity index (χ1n) is 4.07. The highest BCUT2D eigenvalue weighted by molar-refractivity contribution is 9.10. The van der Waals surface area contributed by atoms with Crippen molar-refractivity contribution in [2.24, 2.45) is 5.73 Å². The Bertz CT molecular complexity index is 343. The number of carbonyl (C=O) groups is 1. The first-order chi connectivity index (χ1) is 6.15. The van der Waals surface area contributed by atoms with Gasteiger partial charge in [0.2, 0.25) is 5.91 Å². The van der Waals surface area contributed by atoms with Gasteiger partial charge < -0.3 is 5.73 Å². The van der Waals surface area contributed by atoms with Crippen LogP contribution in [0, 0.1) is 0 Å². The first kappa shape index (κ1) is 8.69. The van der Waals surface area contributed by atoms with Gasteiger partial charge >= 0.3 is 0 Å². The van der Waals surface area contributed by atoms with Crippen molar-refractivity contribution in [1.82, 2.24) is 4.98 Å². The highest BCUT2D eigenvalue weighted by Crippen LogP contribution is 2.47. The number of hydrogen-bond acceptors (Lipinski definition) is 2. The molecule has 0 atom stereocenters. The average molecular weight is 241 g/mol. The number of nitrogens with two attached hydrogens (primary N) is 1. The molecule has 2 N–H and O–H groups in total. The van der Waals surface area contributed by atoms with E-state index in [1.807, 2.05) is 12.1 Å². The molecule has 1 amide bonds. The van der Waals surface area contributed by atoms with Crippen molar-refractivity contribution in [3.8, 4) is 0 Å². The second-order valence-corrected chi connectivity index (χ2v) is 4.13. The van der Waals surface area contributed by atoms with E-state index in [2.05, 4.69) is 20.9 Å². The van der Waals surface area contributed by atoms with Crippen LogP contribution < -0.4 is 5.73 Å². The number of halogens is 1. The van der Waals surface area contributed by atoms with Gasteiger partial charge in [-0.2, -0.15) is 0 Å². The molecule has 68 valence electrons. The van der Waals surface area contributed by atoms with Crippen LogP contribution in [-0.2, 0) is 10.2 Å². The average Bonchev–Trinajstić information content (AvgIpc) is 2.86. The summed E-state index contributed by atoms with van der Waals surface area (Å²) in [7, 11) is 0. The Labute approximate surface area is 84.5 Å². The van der Waals surface area contributed by atoms with Gasteiger partial charge in [-0.1, -0.05) is 6.07 Å². The topological polar surface area (TPSA) is 56.0 Å². The van der Waals surface area contributed by atoms with Gasteiger partial charge in [0.1, 0.15) is 4.60 Å². The lowest BCUT2D eigenvalue weighted by Crippen LogP contribution is -2.28. The third-order valence-electron chi connectivity index (χ3n) is 2.50. The molecule has 0 aliphatic heterocycles. The molecule has 3 nitrogen and oxygen atoms in total. The number of pyridine rings is 1. The van der Waals surface area contributed by atoms with Crippen LogP contribution in [0.15, 0.2) is 22.9 Å². The maximum absolute atomic E-state index is 11.2. The largest absolute Gasteiger partial charge is 0.369 e. The Morgan fingerprint density at radius 3 is 2.62 bits per heavy atom. The van der Waals surface area contributed by atoms with Crippen LogP contribution in [-0.4, -0.2) is 10.9 Å². The van der Waals surface area contributed by atoms with Gasteiger partial charge in [-0.25, -0.2) is 4.98 Å². The van der Waals surface area contributed by atoms with Gasteiger partial charge in [0.05, 0.1) is 5.41 Å². The van der Waals surface area contributed by atoms with Gasteiger partial charge in [-0.05, 0) is 40.4 Å². The molecule has 0 spiro atoms. The molecule has 1 aliphatic carbocycles. The Morgan fingerprint density at radius 2 is 2.23 bits per heavy atom. The summed E-state index contributed by atoms with van der Waals surface area (Å²) in [4.78, 5) is 15.2. The van der Waals surface area contributed by atoms with Crippen molar-refractivity contribution in [2.45, 2.75) is 18.3 Å². The maximum atomic E-state index is 11.2. The Morgan fingerprint density at radius 1 is 1.54 bits per heavy atom. The van der Waals surface area contributed by atoms with Crippen LogP contribution >= 0.6 is 15.9 Å². The molecule has 0 radical (unpaired) electrons. The lowest BCUT2D eigenvalue weighted by atomic mass is 9.97. The van der Waals surface area contributed by atoms with Gasteiger partial charge in [0, 0.05) is 6.20 Å². The summed E-state index contributed by atoms with van der Waals surface area (Å²) in [5.41, 5.74) is 5.85. The number of hydrogen-bond donors (Lipinski definition) is 1. The van der Waals surface area contributed by atoms with Crippen LogP contribution in [0.25, 0.3) is 0 Å². The highest BCUT2D eigenvalue weighted by Gasteiger charge is 2.50. The summed E-state index contributed by atoms with van der Waals surface area (Å²) >= 11 is 3.24. The van der Waals surface area contributed by atoms with Gasteiger partial charge in [0.15, 0.2) is 0 Å². The molecule has 0 saturated heterocycles. The van der Waals surface area contributed by atoms with Crippen LogP contribution in [0.3, 0.4) is 0 Å². The summed E-state index contributed by atoms with van der Waals surface area (Å²) in [6, 6.07) is 3.73. The summed E-state index contributed by atoms with van der Waals surface area (Å²) in [5, 5.41) is 0. The summed E-state index contributed by atoms with van der Waals surface area (Å²) in [6.45, 7) is 0. The van der Waals surface area contributed by atoms with E-state index in [9.17, 15) is 4.79 Å². The fourth-order valence-corrected chi connectivity index (χ4v) is 1.70. The monoisotopic (exact) mass is 240 g/mol. The molecule has 1 aromatic rings. The minimum atomic E-state index is -0.409. The fraction of sp³-hybridized carbons (Fsp3) is 0.333. The van der Waals surface area contributed by atoms with Gasteiger partial charge in [-0.3, -0.25) is 4.79 Å². The zero-order valence-electron chi connectivity index (χ0n) is 6.96. The SMILES string of the molecule is NC(=O)C1(c2ccc(Br)nc2)CC1. The molecule has 1 aromatic heterocycles. The van der Waals surface area contributed by atoms with E-state index in [0.717, 1.165) is 23.0 Å². The standard InChI is InChI=1S/C9H9BrN2O/c10-7-2-1-6(5-12-7)9(3-4-9)8(11)13/h1-2,5H,3-4H2,(H2,11,13). The van der Waals surface area contributed by atoms with Crippen molar-refractivity contribution in [3.63, 3.8) is 0 Å². The van der Waals surface area contributed by atoms with Crippen LogP contribution in [0.5, 0.6) is 0 Å². The normalized spacial score (nSPS) is 18.2. The number of aromatic nitrogens is 1. The van der Waals surface area contributed by atoms with Crippen LogP contribution in [0.4, 0.5) is 0 Å². The molecule has 4 heteroatoms. The first-order valence-corrected chi connectivity index (χ1v) is 4.86. The van der Waals surface area contributed by atoms with Crippen molar-refractivity contribution in [2.75, 3.05) is 0 Å². The smallest absolute Gasteiger partial charge is 0.228 e. The maximum Gasteiger partial charge on any atom is 0.228 e. The molecule has 2 rings (SSSR count). The van der Waals surface area contributed by atoms with Gasteiger partial charge in [0.25, 0.3) is 0 Å². The molecule has 1 saturated carbocycles. The molecule has 1 fully saturated rings. The Kier molecular flexibility index (Phi) is 1.87. The second kappa shape index (κ2) is 2.80. The summed E-state index contributed by atoms with van der Waals surface area (Å²) in [6.07, 6.45) is 3.42. The summed E-state index contributed by atoms with van der Waals surface area (Å²) < 4.78 is 0.775. The third-order valence-corrected chi connectivity index (χ3v) is 2.97. The predicted molar refractivity (Wildman–Crippen MR) is 52.0 cm³/mol. The van der Waals surface area contributed by atoms with E-state index in [-0.39, 0.29) is 5.91 Å². The van der Waals surface area contributed by atoms with Crippen molar-refractivity contribution >= 4 is 21.8 Å². The quantitative estimate of drug-likeness (QED) is 0.795. The Hall–Kier alpha value is -0.900. The predicted octanol–water partition coefficient (Wildman–Crippen LogP) is 1.36. The number of nitrogens with zero attached hydrogens (tertiary/aromatic N) is 1. The third kappa shape index (κ3) is 1.35. The van der Waals surface area contributed by atoms with E-state index in [4.69, 9.17) is 5.73 Å². The summed E-state index contributed by atoms with van der Waals surface area (Å²) in [5.74, 6) is -0.239. The second-order valence-electron chi connectivity index (χ2n) is 3.32. The van der Waals surface area contributed by atoms with Gasteiger partial charge in [-0.15, -0.1) is 0 Å². The van der Waals surface area contributed by atoms with Crippen molar-refractivity contribution in [3.05, 3.63) is 28.5 Å². The van der Waals surface area contributed by atoms with Crippen LogP contribution in [0.1, 0.15) is 18.4 Å². The van der Waals surface area contributed by atoms with E-state index in [1.165, 1.54) is 0 Å². The van der Waals surface area contributed by atoms with E-state index >= 15 is 0 Å². The van der Waals surface area contributed by atoms with Crippen LogP contribution in [0.2, 0.25) is 0 Å². The Balaban J connectivity index is 2.36. The van der Waals surface area contributed by atoms with Crippen molar-refractivity contribution < 1.29 is 4.79 Å². The zero-order valence-corrected chi connectivity index (χ0v) is 8.54. The molecular weight excluding hydrogens is 232 g/mol. The fourth-order valence-electron chi connectivity index (χ4n) is 1.46. The molecule has 0 aromatic carbocycles. The number of carbonyl (C=O) groups excluding carboxylic acids is 1. The number of amides is 1. The highest BCUT2D eigenvalue weighted by atomic mass is 79.9. The lowest BCUT2D eigenvalue weighted by Gasteiger charge is -2.09. The minimum absolute atomic E-state index is 0.239. The molecule has 1 heterocycles. The van der Waals surface area contributed by atoms with E-state index in [1.54, 1.807) is 6.20 Å². The van der Waals surface area contributed by atoms with E-state index < -0.39 is 5.41 Å². The molecule has 0 unspecified atom stereocenters. The minimum Gasteiger partial charge on any atom is -0.369 e. The van der Waals surface area contributed by atoms with E-state index in [0.29, 0.717) is 0 Å². The van der Waals surface area contributed by atoms with Crippen molar-refractivity contribution in [1.29, 1.82) is 0 Å². The lowest BCUT2D eigenvalue weighted by molar-refractivity contribution is -0.120. The number of rotatable bonds is 2. The molecular formula is C9H9BrN2O. The molecule has 0 bridgehead atoms. The zero-order chi connectivity index (χ0) is 9.47. The molecule has 1 aliphatic rings. The number of primary amides is 1. The molecule has 13 heavy (non-hydrogen) atoms.